The first kappa shape index (κ1) is 10.8. The standard InChI is InChI=1S/C9H14N2O3/c10-6-5-9(14)3-1-7(2-4-9)11-8(12)13/h7,11,14H,1-5H2,(H,12,13). The molecule has 0 aromatic carbocycles. The van der Waals surface area contributed by atoms with Crippen LogP contribution < -0.4 is 5.32 Å². The van der Waals surface area contributed by atoms with Gasteiger partial charge in [-0.1, -0.05) is 0 Å². The first-order chi connectivity index (χ1) is 6.56. The number of amides is 1. The highest BCUT2D eigenvalue weighted by molar-refractivity contribution is 5.64. The van der Waals surface area contributed by atoms with Crippen molar-refractivity contribution in [1.82, 2.24) is 5.32 Å². The predicted molar refractivity (Wildman–Crippen MR) is 48.6 cm³/mol. The molecule has 0 aromatic heterocycles. The van der Waals surface area contributed by atoms with E-state index in [4.69, 9.17) is 10.4 Å². The van der Waals surface area contributed by atoms with E-state index < -0.39 is 11.7 Å². The van der Waals surface area contributed by atoms with Gasteiger partial charge < -0.3 is 15.5 Å². The molecule has 14 heavy (non-hydrogen) atoms. The topological polar surface area (TPSA) is 93.4 Å². The molecule has 0 aromatic rings. The van der Waals surface area contributed by atoms with Gasteiger partial charge in [-0.3, -0.25) is 0 Å². The highest BCUT2D eigenvalue weighted by Gasteiger charge is 2.33. The summed E-state index contributed by atoms with van der Waals surface area (Å²) in [6.45, 7) is 0. The van der Waals surface area contributed by atoms with Crippen molar-refractivity contribution in [1.29, 1.82) is 5.26 Å². The van der Waals surface area contributed by atoms with Gasteiger partial charge in [0.1, 0.15) is 0 Å². The average Bonchev–Trinajstić information content (AvgIpc) is 2.09. The zero-order chi connectivity index (χ0) is 10.6. The van der Waals surface area contributed by atoms with Gasteiger partial charge >= 0.3 is 6.09 Å². The SMILES string of the molecule is N#CCC1(O)CCC(NC(=O)O)CC1. The van der Waals surface area contributed by atoms with E-state index in [-0.39, 0.29) is 12.5 Å². The fourth-order valence-electron chi connectivity index (χ4n) is 1.80. The Labute approximate surface area is 82.3 Å². The van der Waals surface area contributed by atoms with Crippen molar-refractivity contribution in [2.75, 3.05) is 0 Å². The molecule has 78 valence electrons. The largest absolute Gasteiger partial charge is 0.465 e. The summed E-state index contributed by atoms with van der Waals surface area (Å²) in [5, 5.41) is 29.2. The van der Waals surface area contributed by atoms with Gasteiger partial charge in [-0.2, -0.15) is 5.26 Å². The van der Waals surface area contributed by atoms with E-state index in [9.17, 15) is 9.90 Å². The Hall–Kier alpha value is -1.28. The van der Waals surface area contributed by atoms with Crippen molar-refractivity contribution in [3.8, 4) is 6.07 Å². The summed E-state index contributed by atoms with van der Waals surface area (Å²) >= 11 is 0. The third-order valence-electron chi connectivity index (χ3n) is 2.65. The lowest BCUT2D eigenvalue weighted by Gasteiger charge is -2.34. The van der Waals surface area contributed by atoms with E-state index in [1.54, 1.807) is 0 Å². The van der Waals surface area contributed by atoms with Gasteiger partial charge in [0.2, 0.25) is 0 Å². The second-order valence-corrected chi connectivity index (χ2v) is 3.78. The van der Waals surface area contributed by atoms with Gasteiger partial charge in [0.15, 0.2) is 0 Å². The fourth-order valence-corrected chi connectivity index (χ4v) is 1.80. The Morgan fingerprint density at radius 3 is 2.57 bits per heavy atom. The van der Waals surface area contributed by atoms with Crippen LogP contribution in [-0.4, -0.2) is 27.9 Å². The molecule has 0 atom stereocenters. The van der Waals surface area contributed by atoms with Crippen molar-refractivity contribution in [3.05, 3.63) is 0 Å². The molecular weight excluding hydrogens is 184 g/mol. The molecule has 5 nitrogen and oxygen atoms in total. The molecule has 0 aliphatic heterocycles. The van der Waals surface area contributed by atoms with Crippen LogP contribution in [-0.2, 0) is 0 Å². The van der Waals surface area contributed by atoms with Crippen LogP contribution in [0.5, 0.6) is 0 Å². The van der Waals surface area contributed by atoms with Crippen LogP contribution in [0.3, 0.4) is 0 Å². The van der Waals surface area contributed by atoms with E-state index in [1.165, 1.54) is 0 Å². The maximum absolute atomic E-state index is 10.3. The predicted octanol–water partition coefficient (Wildman–Crippen LogP) is 0.841. The molecule has 0 spiro atoms. The van der Waals surface area contributed by atoms with E-state index in [2.05, 4.69) is 5.32 Å². The number of nitriles is 1. The summed E-state index contributed by atoms with van der Waals surface area (Å²) < 4.78 is 0. The summed E-state index contributed by atoms with van der Waals surface area (Å²) in [5.41, 5.74) is -0.897. The van der Waals surface area contributed by atoms with E-state index in [0.29, 0.717) is 25.7 Å². The number of rotatable bonds is 2. The molecule has 1 saturated carbocycles. The van der Waals surface area contributed by atoms with Crippen molar-refractivity contribution >= 4 is 6.09 Å². The number of hydrogen-bond donors (Lipinski definition) is 3. The highest BCUT2D eigenvalue weighted by atomic mass is 16.4. The van der Waals surface area contributed by atoms with Crippen LogP contribution in [0.1, 0.15) is 32.1 Å². The Bertz CT molecular complexity index is 251. The number of aliphatic hydroxyl groups is 1. The van der Waals surface area contributed by atoms with Crippen LogP contribution in [0.15, 0.2) is 0 Å². The van der Waals surface area contributed by atoms with Gasteiger partial charge in [0.25, 0.3) is 0 Å². The minimum Gasteiger partial charge on any atom is -0.465 e. The minimum absolute atomic E-state index is 0.0773. The molecule has 1 amide bonds. The molecule has 0 radical (unpaired) electrons. The second-order valence-electron chi connectivity index (χ2n) is 3.78. The zero-order valence-electron chi connectivity index (χ0n) is 7.86. The lowest BCUT2D eigenvalue weighted by atomic mass is 9.80. The lowest BCUT2D eigenvalue weighted by Crippen LogP contribution is -2.42. The molecule has 0 saturated heterocycles. The van der Waals surface area contributed by atoms with Crippen LogP contribution in [0.25, 0.3) is 0 Å². The van der Waals surface area contributed by atoms with E-state index >= 15 is 0 Å². The quantitative estimate of drug-likeness (QED) is 0.613. The first-order valence-electron chi connectivity index (χ1n) is 4.64. The summed E-state index contributed by atoms with van der Waals surface area (Å²) in [5.74, 6) is 0. The van der Waals surface area contributed by atoms with Crippen molar-refractivity contribution in [2.24, 2.45) is 0 Å². The van der Waals surface area contributed by atoms with Crippen LogP contribution >= 0.6 is 0 Å². The molecule has 1 rings (SSSR count). The third kappa shape index (κ3) is 2.89. The number of nitrogens with one attached hydrogen (secondary N) is 1. The molecule has 1 aliphatic carbocycles. The Morgan fingerprint density at radius 2 is 2.14 bits per heavy atom. The third-order valence-corrected chi connectivity index (χ3v) is 2.65. The Balaban J connectivity index is 2.38. The monoisotopic (exact) mass is 198 g/mol. The van der Waals surface area contributed by atoms with Crippen LogP contribution in [0.2, 0.25) is 0 Å². The van der Waals surface area contributed by atoms with Crippen LogP contribution in [0.4, 0.5) is 4.79 Å². The van der Waals surface area contributed by atoms with Gasteiger partial charge in [-0.05, 0) is 25.7 Å². The maximum Gasteiger partial charge on any atom is 0.404 e. The molecule has 3 N–H and O–H groups in total. The smallest absolute Gasteiger partial charge is 0.404 e. The minimum atomic E-state index is -1.03. The number of hydrogen-bond acceptors (Lipinski definition) is 3. The van der Waals surface area contributed by atoms with Crippen molar-refractivity contribution < 1.29 is 15.0 Å². The van der Waals surface area contributed by atoms with Crippen molar-refractivity contribution in [2.45, 2.75) is 43.7 Å². The highest BCUT2D eigenvalue weighted by Crippen LogP contribution is 2.30. The average molecular weight is 198 g/mol. The Kier molecular flexibility index (Phi) is 3.31. The summed E-state index contributed by atoms with van der Waals surface area (Å²) in [6, 6.07) is 1.87. The normalized spacial score (nSPS) is 31.9. The molecule has 0 bridgehead atoms. The molecule has 1 aliphatic rings. The number of carbonyl (C=O) groups is 1. The molecule has 0 unspecified atom stereocenters. The first-order valence-corrected chi connectivity index (χ1v) is 4.64. The lowest BCUT2D eigenvalue weighted by molar-refractivity contribution is 0.00107. The Morgan fingerprint density at radius 1 is 1.57 bits per heavy atom. The maximum atomic E-state index is 10.3. The molecular formula is C9H14N2O3. The van der Waals surface area contributed by atoms with E-state index in [0.717, 1.165) is 0 Å². The van der Waals surface area contributed by atoms with E-state index in [1.807, 2.05) is 6.07 Å². The summed E-state index contributed by atoms with van der Waals surface area (Å²) in [4.78, 5) is 10.3. The van der Waals surface area contributed by atoms with Crippen molar-refractivity contribution in [3.63, 3.8) is 0 Å². The zero-order valence-corrected chi connectivity index (χ0v) is 7.86. The van der Waals surface area contributed by atoms with Gasteiger partial charge in [-0.25, -0.2) is 4.79 Å². The van der Waals surface area contributed by atoms with Crippen LogP contribution in [0, 0.1) is 11.3 Å². The fraction of sp³-hybridized carbons (Fsp3) is 0.778. The number of carboxylic acid groups (broad SMARTS) is 1. The molecule has 0 heterocycles. The molecule has 5 heteroatoms. The summed E-state index contributed by atoms with van der Waals surface area (Å²) in [6.07, 6.45) is 1.29. The van der Waals surface area contributed by atoms with Gasteiger partial charge in [0, 0.05) is 6.04 Å². The number of nitrogens with zero attached hydrogens (tertiary/aromatic N) is 1. The second kappa shape index (κ2) is 4.29. The summed E-state index contributed by atoms with van der Waals surface area (Å²) in [7, 11) is 0. The van der Waals surface area contributed by atoms with Gasteiger partial charge in [0.05, 0.1) is 18.1 Å². The molecule has 1 fully saturated rings. The van der Waals surface area contributed by atoms with Gasteiger partial charge in [-0.15, -0.1) is 0 Å².